The average molecular weight is 380 g/mol. The van der Waals surface area contributed by atoms with Crippen LogP contribution in [0.25, 0.3) is 0 Å². The summed E-state index contributed by atoms with van der Waals surface area (Å²) in [5, 5.41) is 3.87. The third-order valence-electron chi connectivity index (χ3n) is 3.55. The molecule has 1 aliphatic heterocycles. The minimum absolute atomic E-state index is 0.335. The van der Waals surface area contributed by atoms with Gasteiger partial charge in [-0.25, -0.2) is 9.82 Å². The molecule has 2 aromatic rings. The van der Waals surface area contributed by atoms with Crippen LogP contribution in [0.5, 0.6) is 0 Å². The smallest absolute Gasteiger partial charge is 0.271 e. The van der Waals surface area contributed by atoms with E-state index >= 15 is 0 Å². The Morgan fingerprint density at radius 1 is 1.30 bits per heavy atom. The Labute approximate surface area is 141 Å². The number of amides is 1. The molecule has 1 fully saturated rings. The summed E-state index contributed by atoms with van der Waals surface area (Å²) in [6, 6.07) is 7.06. The summed E-state index contributed by atoms with van der Waals surface area (Å²) in [5.74, 6) is 0.526. The van der Waals surface area contributed by atoms with Crippen molar-refractivity contribution in [2.24, 2.45) is 5.10 Å². The molecule has 1 N–H and O–H groups in total. The van der Waals surface area contributed by atoms with E-state index < -0.39 is 5.91 Å². The van der Waals surface area contributed by atoms with E-state index in [2.05, 4.69) is 31.4 Å². The van der Waals surface area contributed by atoms with Crippen LogP contribution in [0.15, 0.2) is 44.3 Å². The van der Waals surface area contributed by atoms with Gasteiger partial charge in [-0.3, -0.25) is 4.79 Å². The van der Waals surface area contributed by atoms with Crippen LogP contribution >= 0.6 is 15.9 Å². The third kappa shape index (κ3) is 3.79. The number of hydrogen-bond donors (Lipinski definition) is 1. The van der Waals surface area contributed by atoms with Crippen molar-refractivity contribution in [2.45, 2.75) is 12.8 Å². The fraction of sp³-hybridized carbons (Fsp3) is 0.250. The summed E-state index contributed by atoms with van der Waals surface area (Å²) in [6.07, 6.45) is 3.75. The number of benzene rings is 1. The Balaban J connectivity index is 1.62. The maximum atomic E-state index is 12.8. The molecule has 2 heterocycles. The lowest BCUT2D eigenvalue weighted by Gasteiger charge is -2.13. The zero-order valence-electron chi connectivity index (χ0n) is 12.3. The molecule has 0 bridgehead atoms. The summed E-state index contributed by atoms with van der Waals surface area (Å²) in [4.78, 5) is 14.0. The van der Waals surface area contributed by atoms with E-state index in [1.165, 1.54) is 30.5 Å². The summed E-state index contributed by atoms with van der Waals surface area (Å²) >= 11 is 3.47. The van der Waals surface area contributed by atoms with Crippen LogP contribution in [0.4, 0.5) is 10.3 Å². The van der Waals surface area contributed by atoms with Crippen molar-refractivity contribution in [3.63, 3.8) is 0 Å². The molecule has 1 aromatic heterocycles. The molecule has 23 heavy (non-hydrogen) atoms. The Morgan fingerprint density at radius 3 is 2.70 bits per heavy atom. The lowest BCUT2D eigenvalue weighted by atomic mass is 10.2. The van der Waals surface area contributed by atoms with Gasteiger partial charge >= 0.3 is 0 Å². The van der Waals surface area contributed by atoms with E-state index in [1.54, 1.807) is 6.07 Å². The maximum absolute atomic E-state index is 12.8. The summed E-state index contributed by atoms with van der Waals surface area (Å²) < 4.78 is 19.4. The number of nitrogens with one attached hydrogen (secondary N) is 1. The highest BCUT2D eigenvalue weighted by Gasteiger charge is 2.19. The second-order valence-corrected chi connectivity index (χ2v) is 6.06. The van der Waals surface area contributed by atoms with Crippen LogP contribution in [0.1, 0.15) is 29.0 Å². The van der Waals surface area contributed by atoms with E-state index in [-0.39, 0.29) is 5.82 Å². The predicted molar refractivity (Wildman–Crippen MR) is 89.3 cm³/mol. The quantitative estimate of drug-likeness (QED) is 0.652. The average Bonchev–Trinajstić information content (AvgIpc) is 3.17. The summed E-state index contributed by atoms with van der Waals surface area (Å²) in [5.41, 5.74) is 2.72. The minimum atomic E-state index is -0.411. The number of halogens is 2. The second kappa shape index (κ2) is 6.95. The van der Waals surface area contributed by atoms with E-state index in [9.17, 15) is 9.18 Å². The first-order chi connectivity index (χ1) is 11.1. The summed E-state index contributed by atoms with van der Waals surface area (Å²) in [7, 11) is 0. The van der Waals surface area contributed by atoms with Gasteiger partial charge in [-0.15, -0.1) is 0 Å². The predicted octanol–water partition coefficient (Wildman–Crippen LogP) is 3.55. The SMILES string of the molecule is O=C(N/N=C\c1cc(Br)c(N2CCCC2)o1)c1ccc(F)cc1. The van der Waals surface area contributed by atoms with Gasteiger partial charge in [0.1, 0.15) is 5.82 Å². The maximum Gasteiger partial charge on any atom is 0.271 e. The molecule has 0 saturated carbocycles. The van der Waals surface area contributed by atoms with Gasteiger partial charge in [-0.05, 0) is 53.0 Å². The van der Waals surface area contributed by atoms with Crippen molar-refractivity contribution in [3.05, 3.63) is 51.9 Å². The van der Waals surface area contributed by atoms with Crippen molar-refractivity contribution < 1.29 is 13.6 Å². The number of carbonyl (C=O) groups is 1. The monoisotopic (exact) mass is 379 g/mol. The van der Waals surface area contributed by atoms with Crippen molar-refractivity contribution in [1.29, 1.82) is 0 Å². The van der Waals surface area contributed by atoms with Crippen molar-refractivity contribution in [3.8, 4) is 0 Å². The first kappa shape index (κ1) is 15.7. The number of rotatable bonds is 4. The minimum Gasteiger partial charge on any atom is -0.438 e. The Hall–Kier alpha value is -2.15. The number of carbonyl (C=O) groups excluding carboxylic acids is 1. The highest BCUT2D eigenvalue weighted by atomic mass is 79.9. The van der Waals surface area contributed by atoms with Gasteiger partial charge in [0.2, 0.25) is 5.88 Å². The summed E-state index contributed by atoms with van der Waals surface area (Å²) in [6.45, 7) is 1.95. The fourth-order valence-corrected chi connectivity index (χ4v) is 2.95. The van der Waals surface area contributed by atoms with Gasteiger partial charge in [0.15, 0.2) is 5.76 Å². The molecular weight excluding hydrogens is 365 g/mol. The number of nitrogens with zero attached hydrogens (tertiary/aromatic N) is 2. The molecule has 0 radical (unpaired) electrons. The van der Waals surface area contributed by atoms with Crippen LogP contribution < -0.4 is 10.3 Å². The molecule has 0 atom stereocenters. The van der Waals surface area contributed by atoms with Gasteiger partial charge in [-0.2, -0.15) is 5.10 Å². The molecule has 0 aliphatic carbocycles. The van der Waals surface area contributed by atoms with Gasteiger partial charge in [0.25, 0.3) is 5.91 Å². The molecule has 1 saturated heterocycles. The van der Waals surface area contributed by atoms with Crippen molar-refractivity contribution in [1.82, 2.24) is 5.43 Å². The van der Waals surface area contributed by atoms with Crippen molar-refractivity contribution >= 4 is 33.9 Å². The fourth-order valence-electron chi connectivity index (χ4n) is 2.40. The highest BCUT2D eigenvalue weighted by molar-refractivity contribution is 9.10. The lowest BCUT2D eigenvalue weighted by Crippen LogP contribution is -2.17. The lowest BCUT2D eigenvalue weighted by molar-refractivity contribution is 0.0955. The normalized spacial score (nSPS) is 14.6. The van der Waals surface area contributed by atoms with Crippen LogP contribution in [-0.2, 0) is 0 Å². The number of hydrogen-bond acceptors (Lipinski definition) is 4. The standard InChI is InChI=1S/C16H15BrFN3O2/c17-14-9-13(23-16(14)21-7-1-2-8-21)10-19-20-15(22)11-3-5-12(18)6-4-11/h3-6,9-10H,1-2,7-8H2,(H,20,22)/b19-10-. The van der Waals surface area contributed by atoms with E-state index in [1.807, 2.05) is 0 Å². The van der Waals surface area contributed by atoms with Crippen LogP contribution in [0, 0.1) is 5.82 Å². The molecule has 3 rings (SSSR count). The van der Waals surface area contributed by atoms with Crippen LogP contribution in [0.3, 0.4) is 0 Å². The largest absolute Gasteiger partial charge is 0.438 e. The Bertz CT molecular complexity index is 721. The highest BCUT2D eigenvalue weighted by Crippen LogP contribution is 2.31. The molecule has 0 unspecified atom stereocenters. The van der Waals surface area contributed by atoms with Crippen molar-refractivity contribution in [2.75, 3.05) is 18.0 Å². The number of anilines is 1. The first-order valence-corrected chi connectivity index (χ1v) is 8.06. The molecule has 0 spiro atoms. The molecule has 1 aromatic carbocycles. The first-order valence-electron chi connectivity index (χ1n) is 7.27. The van der Waals surface area contributed by atoms with E-state index in [4.69, 9.17) is 4.42 Å². The van der Waals surface area contributed by atoms with Crippen LogP contribution in [0.2, 0.25) is 0 Å². The molecular formula is C16H15BrFN3O2. The van der Waals surface area contributed by atoms with Gasteiger partial charge < -0.3 is 9.32 Å². The topological polar surface area (TPSA) is 57.8 Å². The number of furan rings is 1. The van der Waals surface area contributed by atoms with Gasteiger partial charge in [0.05, 0.1) is 10.7 Å². The van der Waals surface area contributed by atoms with Gasteiger partial charge in [0, 0.05) is 24.7 Å². The van der Waals surface area contributed by atoms with Gasteiger partial charge in [-0.1, -0.05) is 0 Å². The number of hydrazone groups is 1. The molecule has 5 nitrogen and oxygen atoms in total. The second-order valence-electron chi connectivity index (χ2n) is 5.20. The molecule has 1 aliphatic rings. The molecule has 1 amide bonds. The third-order valence-corrected chi connectivity index (χ3v) is 4.11. The zero-order valence-corrected chi connectivity index (χ0v) is 13.8. The molecule has 120 valence electrons. The Kier molecular flexibility index (Phi) is 4.76. The van der Waals surface area contributed by atoms with E-state index in [0.717, 1.165) is 36.3 Å². The molecule has 7 heteroatoms. The van der Waals surface area contributed by atoms with E-state index in [0.29, 0.717) is 11.3 Å². The van der Waals surface area contributed by atoms with Crippen LogP contribution in [-0.4, -0.2) is 25.2 Å². The zero-order chi connectivity index (χ0) is 16.2. The Morgan fingerprint density at radius 2 is 2.00 bits per heavy atom.